The summed E-state index contributed by atoms with van der Waals surface area (Å²) in [6.07, 6.45) is 3.54. The number of piperazine rings is 1. The molecule has 2 amide bonds. The zero-order chi connectivity index (χ0) is 19.9. The van der Waals surface area contributed by atoms with Gasteiger partial charge in [-0.3, -0.25) is 9.59 Å². The molecule has 0 spiro atoms. The third-order valence-electron chi connectivity index (χ3n) is 5.63. The van der Waals surface area contributed by atoms with Crippen LogP contribution in [0.25, 0.3) is 0 Å². The maximum atomic E-state index is 12.9. The maximum absolute atomic E-state index is 12.9. The molecule has 1 aromatic carbocycles. The first-order valence-electron chi connectivity index (χ1n) is 10.5. The van der Waals surface area contributed by atoms with Crippen LogP contribution in [0.1, 0.15) is 26.2 Å². The van der Waals surface area contributed by atoms with Gasteiger partial charge < -0.3 is 20.0 Å². The normalized spacial score (nSPS) is 21.9. The fourth-order valence-corrected chi connectivity index (χ4v) is 3.80. The van der Waals surface area contributed by atoms with Crippen LogP contribution in [0.4, 0.5) is 10.1 Å². The molecule has 7 heteroatoms. The fraction of sp³-hybridized carbons (Fsp3) is 0.619. The van der Waals surface area contributed by atoms with Gasteiger partial charge in [0.25, 0.3) is 11.8 Å². The maximum Gasteiger partial charge on any atom is 0.279 e. The standard InChI is InChI=1S/C21H31FN4O2/c1-2-9-26(14-17-3-4-17)21(28)16-25-12-10-24(11-13-25)15-20(27)23-19-7-5-18(22)6-8-19/h5-8,17H,2-4,9-16H2,1H3,(H,23,27)/p+2. The number of hydrogen-bond acceptors (Lipinski definition) is 2. The van der Waals surface area contributed by atoms with E-state index in [0.717, 1.165) is 51.6 Å². The lowest BCUT2D eigenvalue weighted by Gasteiger charge is -2.30. The minimum absolute atomic E-state index is 0.0558. The van der Waals surface area contributed by atoms with E-state index < -0.39 is 0 Å². The molecule has 1 saturated carbocycles. The topological polar surface area (TPSA) is 58.3 Å². The van der Waals surface area contributed by atoms with Gasteiger partial charge >= 0.3 is 0 Å². The highest BCUT2D eigenvalue weighted by Gasteiger charge is 2.30. The Kier molecular flexibility index (Phi) is 7.39. The number of halogens is 1. The molecular formula is C21H33FN4O2+2. The van der Waals surface area contributed by atoms with E-state index in [1.807, 2.05) is 0 Å². The summed E-state index contributed by atoms with van der Waals surface area (Å²) in [4.78, 5) is 29.5. The van der Waals surface area contributed by atoms with Crippen LogP contribution < -0.4 is 15.1 Å². The summed E-state index contributed by atoms with van der Waals surface area (Å²) in [5.41, 5.74) is 0.618. The van der Waals surface area contributed by atoms with Gasteiger partial charge in [0, 0.05) is 18.8 Å². The van der Waals surface area contributed by atoms with Crippen LogP contribution in [0.15, 0.2) is 24.3 Å². The third-order valence-corrected chi connectivity index (χ3v) is 5.63. The molecule has 28 heavy (non-hydrogen) atoms. The second kappa shape index (κ2) is 9.98. The van der Waals surface area contributed by atoms with Crippen LogP contribution in [-0.2, 0) is 9.59 Å². The van der Waals surface area contributed by atoms with Crippen molar-refractivity contribution in [3.8, 4) is 0 Å². The van der Waals surface area contributed by atoms with Gasteiger partial charge in [-0.1, -0.05) is 6.92 Å². The second-order valence-electron chi connectivity index (χ2n) is 8.19. The molecule has 6 nitrogen and oxygen atoms in total. The number of nitrogens with zero attached hydrogens (tertiary/aromatic N) is 1. The van der Waals surface area contributed by atoms with Gasteiger partial charge in [0.05, 0.1) is 0 Å². The average molecular weight is 393 g/mol. The zero-order valence-electron chi connectivity index (χ0n) is 16.8. The van der Waals surface area contributed by atoms with Gasteiger partial charge in [-0.25, -0.2) is 4.39 Å². The van der Waals surface area contributed by atoms with E-state index >= 15 is 0 Å². The minimum Gasteiger partial charge on any atom is -0.338 e. The Hall–Kier alpha value is -1.99. The smallest absolute Gasteiger partial charge is 0.279 e. The summed E-state index contributed by atoms with van der Waals surface area (Å²) in [5, 5.41) is 2.82. The van der Waals surface area contributed by atoms with Gasteiger partial charge in [0.1, 0.15) is 32.0 Å². The van der Waals surface area contributed by atoms with Crippen LogP contribution >= 0.6 is 0 Å². The molecule has 154 valence electrons. The van der Waals surface area contributed by atoms with Crippen LogP contribution in [0.5, 0.6) is 0 Å². The van der Waals surface area contributed by atoms with Gasteiger partial charge in [-0.15, -0.1) is 0 Å². The minimum atomic E-state index is -0.313. The lowest BCUT2D eigenvalue weighted by atomic mass is 10.2. The average Bonchev–Trinajstić information content (AvgIpc) is 3.49. The van der Waals surface area contributed by atoms with E-state index in [2.05, 4.69) is 17.1 Å². The molecule has 1 heterocycles. The third kappa shape index (κ3) is 6.56. The number of carbonyl (C=O) groups excluding carboxylic acids is 2. The highest BCUT2D eigenvalue weighted by atomic mass is 19.1. The van der Waals surface area contributed by atoms with Crippen LogP contribution in [0.2, 0.25) is 0 Å². The Balaban J connectivity index is 1.38. The SMILES string of the molecule is CCCN(CC1CC1)C(=O)C[NH+]1CC[NH+](CC(=O)Nc2ccc(F)cc2)CC1. The predicted molar refractivity (Wildman–Crippen MR) is 106 cm³/mol. The quantitative estimate of drug-likeness (QED) is 0.515. The van der Waals surface area contributed by atoms with E-state index in [0.29, 0.717) is 18.8 Å². The summed E-state index contributed by atoms with van der Waals surface area (Å²) < 4.78 is 12.9. The van der Waals surface area contributed by atoms with E-state index in [4.69, 9.17) is 0 Å². The largest absolute Gasteiger partial charge is 0.338 e. The van der Waals surface area contributed by atoms with Crippen molar-refractivity contribution in [2.24, 2.45) is 5.92 Å². The van der Waals surface area contributed by atoms with Crippen molar-refractivity contribution >= 4 is 17.5 Å². The Morgan fingerprint density at radius 3 is 2.25 bits per heavy atom. The van der Waals surface area contributed by atoms with Crippen molar-refractivity contribution in [1.29, 1.82) is 0 Å². The molecule has 1 aliphatic carbocycles. The summed E-state index contributed by atoms with van der Waals surface area (Å²) >= 11 is 0. The Labute approximate surface area is 166 Å². The van der Waals surface area contributed by atoms with E-state index in [-0.39, 0.29) is 17.6 Å². The molecular weight excluding hydrogens is 359 g/mol. The highest BCUT2D eigenvalue weighted by Crippen LogP contribution is 2.29. The molecule has 2 aliphatic rings. The first-order valence-corrected chi connectivity index (χ1v) is 10.5. The number of nitrogens with one attached hydrogen (secondary N) is 3. The zero-order valence-corrected chi connectivity index (χ0v) is 16.8. The number of benzene rings is 1. The van der Waals surface area contributed by atoms with Crippen molar-refractivity contribution in [2.45, 2.75) is 26.2 Å². The monoisotopic (exact) mass is 392 g/mol. The molecule has 0 aromatic heterocycles. The van der Waals surface area contributed by atoms with Crippen molar-refractivity contribution in [2.75, 3.05) is 57.7 Å². The Morgan fingerprint density at radius 2 is 1.68 bits per heavy atom. The lowest BCUT2D eigenvalue weighted by Crippen LogP contribution is -3.28. The number of amides is 2. The fourth-order valence-electron chi connectivity index (χ4n) is 3.80. The summed E-state index contributed by atoms with van der Waals surface area (Å²) in [5.74, 6) is 0.638. The van der Waals surface area contributed by atoms with Gasteiger partial charge in [-0.05, 0) is 49.4 Å². The first-order chi connectivity index (χ1) is 13.5. The molecule has 0 atom stereocenters. The van der Waals surface area contributed by atoms with E-state index in [1.165, 1.54) is 34.8 Å². The molecule has 2 fully saturated rings. The molecule has 1 aliphatic heterocycles. The van der Waals surface area contributed by atoms with Gasteiger partial charge in [-0.2, -0.15) is 0 Å². The van der Waals surface area contributed by atoms with Crippen LogP contribution in [-0.4, -0.2) is 69.1 Å². The molecule has 0 unspecified atom stereocenters. The van der Waals surface area contributed by atoms with Crippen molar-refractivity contribution in [3.63, 3.8) is 0 Å². The summed E-state index contributed by atoms with van der Waals surface area (Å²) in [7, 11) is 0. The molecule has 1 aromatic rings. The number of carbonyl (C=O) groups is 2. The van der Waals surface area contributed by atoms with Crippen molar-refractivity contribution in [1.82, 2.24) is 4.90 Å². The van der Waals surface area contributed by atoms with Crippen LogP contribution in [0.3, 0.4) is 0 Å². The number of anilines is 1. The Bertz CT molecular complexity index is 655. The lowest BCUT2D eigenvalue weighted by molar-refractivity contribution is -1.00. The van der Waals surface area contributed by atoms with Crippen molar-refractivity contribution < 1.29 is 23.8 Å². The molecule has 1 saturated heterocycles. The number of rotatable bonds is 9. The summed E-state index contributed by atoms with van der Waals surface area (Å²) in [6.45, 7) is 8.49. The van der Waals surface area contributed by atoms with Gasteiger partial charge in [0.15, 0.2) is 13.1 Å². The second-order valence-corrected chi connectivity index (χ2v) is 8.19. The van der Waals surface area contributed by atoms with Crippen molar-refractivity contribution in [3.05, 3.63) is 30.1 Å². The molecule has 3 N–H and O–H groups in total. The number of hydrogen-bond donors (Lipinski definition) is 3. The first kappa shape index (κ1) is 20.7. The van der Waals surface area contributed by atoms with Gasteiger partial charge in [0.2, 0.25) is 0 Å². The Morgan fingerprint density at radius 1 is 1.07 bits per heavy atom. The molecule has 3 rings (SSSR count). The predicted octanol–water partition coefficient (Wildman–Crippen LogP) is -0.804. The molecule has 0 bridgehead atoms. The van der Waals surface area contributed by atoms with Crippen LogP contribution in [0, 0.1) is 11.7 Å². The molecule has 0 radical (unpaired) electrons. The van der Waals surface area contributed by atoms with E-state index in [1.54, 1.807) is 12.1 Å². The number of quaternary nitrogens is 2. The van der Waals surface area contributed by atoms with E-state index in [9.17, 15) is 14.0 Å². The highest BCUT2D eigenvalue weighted by molar-refractivity contribution is 5.91. The summed E-state index contributed by atoms with van der Waals surface area (Å²) in [6, 6.07) is 5.82.